The van der Waals surface area contributed by atoms with Gasteiger partial charge in [0.2, 0.25) is 0 Å². The van der Waals surface area contributed by atoms with E-state index in [0.29, 0.717) is 6.67 Å². The lowest BCUT2D eigenvalue weighted by molar-refractivity contribution is 0.607. The number of hydrogen-bond donors (Lipinski definition) is 0. The predicted octanol–water partition coefficient (Wildman–Crippen LogP) is 8.88. The SMILES string of the molecule is CCCCCCCCc1ccc(N(Cn2cncn2)c2ccc(CCCCCCCC)cc2)cc1. The third kappa shape index (κ3) is 9.87. The monoisotopic (exact) mass is 474 g/mol. The van der Waals surface area contributed by atoms with E-state index >= 15 is 0 Å². The molecule has 0 amide bonds. The van der Waals surface area contributed by atoms with Crippen LogP contribution in [0.4, 0.5) is 11.4 Å². The Morgan fingerprint density at radius 2 is 1.06 bits per heavy atom. The van der Waals surface area contributed by atoms with Crippen molar-refractivity contribution < 1.29 is 0 Å². The van der Waals surface area contributed by atoms with E-state index in [-0.39, 0.29) is 0 Å². The largest absolute Gasteiger partial charge is 0.321 e. The molecule has 0 radical (unpaired) electrons. The van der Waals surface area contributed by atoms with Crippen molar-refractivity contribution >= 4 is 11.4 Å². The number of aromatic nitrogens is 3. The van der Waals surface area contributed by atoms with Gasteiger partial charge in [0.05, 0.1) is 0 Å². The minimum Gasteiger partial charge on any atom is -0.321 e. The smallest absolute Gasteiger partial charge is 0.137 e. The molecule has 0 saturated carbocycles. The summed E-state index contributed by atoms with van der Waals surface area (Å²) in [7, 11) is 0. The van der Waals surface area contributed by atoms with E-state index in [1.807, 2.05) is 4.68 Å². The molecule has 1 aromatic heterocycles. The number of aryl methyl sites for hydroxylation is 2. The normalized spacial score (nSPS) is 11.1. The van der Waals surface area contributed by atoms with Crippen molar-refractivity contribution in [3.8, 4) is 0 Å². The summed E-state index contributed by atoms with van der Waals surface area (Å²) in [5.41, 5.74) is 5.24. The highest BCUT2D eigenvalue weighted by molar-refractivity contribution is 5.63. The maximum Gasteiger partial charge on any atom is 0.137 e. The molecule has 0 aliphatic rings. The molecule has 190 valence electrons. The van der Waals surface area contributed by atoms with Gasteiger partial charge in [0.1, 0.15) is 19.3 Å². The number of benzene rings is 2. The molecular weight excluding hydrogens is 428 g/mol. The molecule has 1 heterocycles. The van der Waals surface area contributed by atoms with E-state index in [2.05, 4.69) is 77.4 Å². The highest BCUT2D eigenvalue weighted by Gasteiger charge is 2.11. The molecule has 0 aliphatic heterocycles. The van der Waals surface area contributed by atoms with E-state index in [0.717, 1.165) is 0 Å². The molecule has 4 heteroatoms. The summed E-state index contributed by atoms with van der Waals surface area (Å²) < 4.78 is 1.88. The zero-order valence-corrected chi connectivity index (χ0v) is 22.2. The fourth-order valence-electron chi connectivity index (χ4n) is 4.67. The zero-order valence-electron chi connectivity index (χ0n) is 22.2. The molecule has 4 nitrogen and oxygen atoms in total. The van der Waals surface area contributed by atoms with Crippen molar-refractivity contribution in [1.29, 1.82) is 0 Å². The number of anilines is 2. The van der Waals surface area contributed by atoms with Gasteiger partial charge in [-0.25, -0.2) is 9.67 Å². The summed E-state index contributed by atoms with van der Waals surface area (Å²) in [4.78, 5) is 6.45. The van der Waals surface area contributed by atoms with Crippen LogP contribution < -0.4 is 4.90 Å². The van der Waals surface area contributed by atoms with Gasteiger partial charge in [-0.1, -0.05) is 102 Å². The van der Waals surface area contributed by atoms with Crippen molar-refractivity contribution in [3.05, 3.63) is 72.3 Å². The lowest BCUT2D eigenvalue weighted by Crippen LogP contribution is -2.21. The Morgan fingerprint density at radius 3 is 1.49 bits per heavy atom. The Labute approximate surface area is 213 Å². The number of nitrogens with zero attached hydrogens (tertiary/aromatic N) is 4. The van der Waals surface area contributed by atoms with Crippen LogP contribution in [-0.4, -0.2) is 14.8 Å². The van der Waals surface area contributed by atoms with Crippen molar-refractivity contribution in [1.82, 2.24) is 14.8 Å². The van der Waals surface area contributed by atoms with Gasteiger partial charge in [-0.2, -0.15) is 5.10 Å². The Hall–Kier alpha value is -2.62. The Bertz CT molecular complexity index is 841. The minimum atomic E-state index is 0.646. The van der Waals surface area contributed by atoms with Gasteiger partial charge in [0.15, 0.2) is 0 Å². The molecule has 0 saturated heterocycles. The molecular formula is C31H46N4. The minimum absolute atomic E-state index is 0.646. The topological polar surface area (TPSA) is 34.0 Å². The van der Waals surface area contributed by atoms with Crippen molar-refractivity contribution in [3.63, 3.8) is 0 Å². The summed E-state index contributed by atoms with van der Waals surface area (Å²) in [6.07, 6.45) is 21.8. The lowest BCUT2D eigenvalue weighted by Gasteiger charge is -2.25. The molecule has 0 atom stereocenters. The molecule has 0 unspecified atom stereocenters. The van der Waals surface area contributed by atoms with Crippen molar-refractivity contribution in [2.24, 2.45) is 0 Å². The summed E-state index contributed by atoms with van der Waals surface area (Å²) in [6, 6.07) is 18.2. The third-order valence-electron chi connectivity index (χ3n) is 6.89. The molecule has 3 aromatic rings. The fourth-order valence-corrected chi connectivity index (χ4v) is 4.67. The highest BCUT2D eigenvalue weighted by Crippen LogP contribution is 2.27. The van der Waals surface area contributed by atoms with Crippen LogP contribution >= 0.6 is 0 Å². The van der Waals surface area contributed by atoms with E-state index in [1.165, 1.54) is 112 Å². The first-order valence-electron chi connectivity index (χ1n) is 14.1. The standard InChI is InChI=1S/C31H46N4/c1-3-5-7-9-11-13-15-28-17-21-30(22-18-28)35(27-34-26-32-25-33-34)31-23-19-29(20-24-31)16-14-12-10-8-6-4-2/h17-26H,3-16,27H2,1-2H3. The van der Waals surface area contributed by atoms with Crippen LogP contribution in [0.25, 0.3) is 0 Å². The van der Waals surface area contributed by atoms with E-state index in [9.17, 15) is 0 Å². The molecule has 0 aliphatic carbocycles. The van der Waals surface area contributed by atoms with E-state index in [4.69, 9.17) is 0 Å². The quantitative estimate of drug-likeness (QED) is 0.173. The van der Waals surface area contributed by atoms with Crippen LogP contribution in [0.1, 0.15) is 102 Å². The first kappa shape index (κ1) is 27.0. The fraction of sp³-hybridized carbons (Fsp3) is 0.548. The van der Waals surface area contributed by atoms with Crippen LogP contribution in [-0.2, 0) is 19.5 Å². The van der Waals surface area contributed by atoms with E-state index in [1.54, 1.807) is 12.7 Å². The maximum absolute atomic E-state index is 4.35. The Kier molecular flexibility index (Phi) is 12.4. The molecule has 0 fully saturated rings. The van der Waals surface area contributed by atoms with Gasteiger partial charge in [-0.15, -0.1) is 0 Å². The first-order chi connectivity index (χ1) is 17.3. The van der Waals surface area contributed by atoms with Gasteiger partial charge in [0.25, 0.3) is 0 Å². The van der Waals surface area contributed by atoms with Crippen LogP contribution in [0.2, 0.25) is 0 Å². The summed E-state index contributed by atoms with van der Waals surface area (Å²) >= 11 is 0. The van der Waals surface area contributed by atoms with Crippen LogP contribution in [0.5, 0.6) is 0 Å². The third-order valence-corrected chi connectivity index (χ3v) is 6.89. The van der Waals surface area contributed by atoms with Crippen molar-refractivity contribution in [2.75, 3.05) is 4.90 Å². The molecule has 0 spiro atoms. The lowest BCUT2D eigenvalue weighted by atomic mass is 10.0. The molecule has 0 bridgehead atoms. The van der Waals surface area contributed by atoms with Crippen LogP contribution in [0, 0.1) is 0 Å². The van der Waals surface area contributed by atoms with Gasteiger partial charge >= 0.3 is 0 Å². The second-order valence-electron chi connectivity index (χ2n) is 9.87. The van der Waals surface area contributed by atoms with Crippen molar-refractivity contribution in [2.45, 2.75) is 110 Å². The highest BCUT2D eigenvalue weighted by atomic mass is 15.4. The second kappa shape index (κ2) is 16.1. The summed E-state index contributed by atoms with van der Waals surface area (Å²) in [6.45, 7) is 5.20. The molecule has 2 aromatic carbocycles. The molecule has 35 heavy (non-hydrogen) atoms. The first-order valence-corrected chi connectivity index (χ1v) is 14.1. The summed E-state index contributed by atoms with van der Waals surface area (Å²) in [5, 5.41) is 4.35. The zero-order chi connectivity index (χ0) is 24.6. The number of unbranched alkanes of at least 4 members (excludes halogenated alkanes) is 10. The molecule has 3 rings (SSSR count). The van der Waals surface area contributed by atoms with Gasteiger partial charge in [-0.3, -0.25) is 0 Å². The second-order valence-corrected chi connectivity index (χ2v) is 9.87. The maximum atomic E-state index is 4.35. The number of hydrogen-bond acceptors (Lipinski definition) is 3. The summed E-state index contributed by atoms with van der Waals surface area (Å²) in [5.74, 6) is 0. The Morgan fingerprint density at radius 1 is 0.600 bits per heavy atom. The van der Waals surface area contributed by atoms with E-state index < -0.39 is 0 Å². The van der Waals surface area contributed by atoms with Gasteiger partial charge < -0.3 is 4.90 Å². The van der Waals surface area contributed by atoms with Gasteiger partial charge in [-0.05, 0) is 61.1 Å². The predicted molar refractivity (Wildman–Crippen MR) is 149 cm³/mol. The van der Waals surface area contributed by atoms with Crippen LogP contribution in [0.15, 0.2) is 61.2 Å². The Balaban J connectivity index is 1.58. The average molecular weight is 475 g/mol. The average Bonchev–Trinajstić information content (AvgIpc) is 3.41. The van der Waals surface area contributed by atoms with Gasteiger partial charge in [0, 0.05) is 11.4 Å². The molecule has 0 N–H and O–H groups in total. The van der Waals surface area contributed by atoms with Crippen LogP contribution in [0.3, 0.4) is 0 Å². The number of rotatable bonds is 18.